The lowest BCUT2D eigenvalue weighted by Crippen LogP contribution is -2.49. The van der Waals surface area contributed by atoms with Gasteiger partial charge in [-0.25, -0.2) is 0 Å². The first-order valence-corrected chi connectivity index (χ1v) is 9.02. The van der Waals surface area contributed by atoms with Gasteiger partial charge in [0.25, 0.3) is 0 Å². The molecule has 2 saturated heterocycles. The molecule has 0 spiro atoms. The molecule has 1 unspecified atom stereocenters. The molecule has 0 aromatic heterocycles. The molecule has 3 rings (SSSR count). The quantitative estimate of drug-likeness (QED) is 0.806. The molecule has 1 saturated carbocycles. The van der Waals surface area contributed by atoms with Crippen molar-refractivity contribution in [3.63, 3.8) is 0 Å². The van der Waals surface area contributed by atoms with Crippen molar-refractivity contribution in [2.45, 2.75) is 44.2 Å². The topological polar surface area (TPSA) is 24.5 Å². The van der Waals surface area contributed by atoms with E-state index in [-0.39, 0.29) is 0 Å². The fourth-order valence-corrected chi connectivity index (χ4v) is 4.67. The zero-order valence-electron chi connectivity index (χ0n) is 12.2. The summed E-state index contributed by atoms with van der Waals surface area (Å²) in [6, 6.07) is 1.64. The molecule has 2 heterocycles. The zero-order chi connectivity index (χ0) is 13.1. The summed E-state index contributed by atoms with van der Waals surface area (Å²) in [6.07, 6.45) is 6.63. The average molecular weight is 284 g/mol. The Morgan fingerprint density at radius 2 is 2.05 bits per heavy atom. The highest BCUT2D eigenvalue weighted by atomic mass is 32.2. The molecule has 0 bridgehead atoms. The minimum absolute atomic E-state index is 0.461. The summed E-state index contributed by atoms with van der Waals surface area (Å²) in [4.78, 5) is 2.64. The molecule has 0 aromatic rings. The molecule has 3 aliphatic rings. The van der Waals surface area contributed by atoms with Crippen LogP contribution in [-0.4, -0.2) is 61.8 Å². The maximum Gasteiger partial charge on any atom is 0.0472 e. The number of nitrogens with zero attached hydrogens (tertiary/aromatic N) is 1. The normalized spacial score (nSPS) is 30.9. The average Bonchev–Trinajstić information content (AvgIpc) is 3.09. The van der Waals surface area contributed by atoms with Crippen LogP contribution in [0.4, 0.5) is 0 Å². The van der Waals surface area contributed by atoms with Gasteiger partial charge < -0.3 is 15.0 Å². The predicted octanol–water partition coefficient (Wildman–Crippen LogP) is 1.97. The lowest BCUT2D eigenvalue weighted by molar-refractivity contribution is -0.00535. The summed E-state index contributed by atoms with van der Waals surface area (Å²) < 4.78 is 5.60. The highest BCUT2D eigenvalue weighted by molar-refractivity contribution is 7.99. The summed E-state index contributed by atoms with van der Waals surface area (Å²) >= 11 is 2.12. The van der Waals surface area contributed by atoms with Crippen LogP contribution in [0.25, 0.3) is 0 Å². The van der Waals surface area contributed by atoms with Crippen molar-refractivity contribution in [2.24, 2.45) is 5.41 Å². The number of nitrogens with one attached hydrogen (secondary N) is 1. The molecule has 3 fully saturated rings. The van der Waals surface area contributed by atoms with Crippen molar-refractivity contribution in [1.82, 2.24) is 10.2 Å². The van der Waals surface area contributed by atoms with Gasteiger partial charge >= 0.3 is 0 Å². The Balaban J connectivity index is 1.56. The standard InChI is InChI=1S/C15H28N2OS/c1-17(14-4-9-19-10-14)12-15(5-7-18-8-6-15)11-16-13-2-3-13/h13-14,16H,2-12H2,1H3. The van der Waals surface area contributed by atoms with Crippen LogP contribution in [0.2, 0.25) is 0 Å². The molecule has 0 amide bonds. The Morgan fingerprint density at radius 1 is 1.26 bits per heavy atom. The van der Waals surface area contributed by atoms with Gasteiger partial charge in [0.2, 0.25) is 0 Å². The third-order valence-corrected chi connectivity index (χ3v) is 6.16. The molecule has 19 heavy (non-hydrogen) atoms. The monoisotopic (exact) mass is 284 g/mol. The van der Waals surface area contributed by atoms with Crippen molar-refractivity contribution >= 4 is 11.8 Å². The van der Waals surface area contributed by atoms with E-state index >= 15 is 0 Å². The number of thioether (sulfide) groups is 1. The van der Waals surface area contributed by atoms with E-state index in [2.05, 4.69) is 29.0 Å². The Labute approximate surface area is 121 Å². The van der Waals surface area contributed by atoms with E-state index in [1.165, 1.54) is 56.7 Å². The number of rotatable bonds is 6. The van der Waals surface area contributed by atoms with E-state index in [1.807, 2.05) is 0 Å². The van der Waals surface area contributed by atoms with Gasteiger partial charge in [-0.1, -0.05) is 0 Å². The fraction of sp³-hybridized carbons (Fsp3) is 1.00. The Bertz CT molecular complexity index is 284. The van der Waals surface area contributed by atoms with E-state index in [4.69, 9.17) is 4.74 Å². The van der Waals surface area contributed by atoms with Crippen LogP contribution in [0, 0.1) is 5.41 Å². The SMILES string of the molecule is CN(CC1(CNC2CC2)CCOCC1)C1CCSC1. The number of ether oxygens (including phenoxy) is 1. The molecule has 1 N–H and O–H groups in total. The molecule has 110 valence electrons. The van der Waals surface area contributed by atoms with Gasteiger partial charge in [0.05, 0.1) is 0 Å². The Morgan fingerprint density at radius 3 is 2.68 bits per heavy atom. The molecular formula is C15H28N2OS. The second-order valence-corrected chi connectivity index (χ2v) is 7.85. The molecule has 3 nitrogen and oxygen atoms in total. The number of hydrogen-bond acceptors (Lipinski definition) is 4. The van der Waals surface area contributed by atoms with E-state index < -0.39 is 0 Å². The summed E-state index contributed by atoms with van der Waals surface area (Å²) in [5.41, 5.74) is 0.461. The Hall–Kier alpha value is 0.230. The largest absolute Gasteiger partial charge is 0.381 e. The second-order valence-electron chi connectivity index (χ2n) is 6.70. The first-order valence-electron chi connectivity index (χ1n) is 7.87. The van der Waals surface area contributed by atoms with Crippen LogP contribution in [0.5, 0.6) is 0 Å². The smallest absolute Gasteiger partial charge is 0.0472 e. The van der Waals surface area contributed by atoms with Crippen LogP contribution in [0.15, 0.2) is 0 Å². The van der Waals surface area contributed by atoms with Crippen LogP contribution >= 0.6 is 11.8 Å². The van der Waals surface area contributed by atoms with Crippen molar-refractivity contribution in [1.29, 1.82) is 0 Å². The molecular weight excluding hydrogens is 256 g/mol. The summed E-state index contributed by atoms with van der Waals surface area (Å²) in [7, 11) is 2.34. The molecule has 1 aliphatic carbocycles. The van der Waals surface area contributed by atoms with Crippen LogP contribution in [-0.2, 0) is 4.74 Å². The molecule has 4 heteroatoms. The Kier molecular flexibility index (Phi) is 4.73. The summed E-state index contributed by atoms with van der Waals surface area (Å²) in [5, 5.41) is 3.78. The maximum absolute atomic E-state index is 5.60. The third-order valence-electron chi connectivity index (χ3n) is 5.01. The van der Waals surface area contributed by atoms with E-state index in [9.17, 15) is 0 Å². The minimum Gasteiger partial charge on any atom is -0.381 e. The van der Waals surface area contributed by atoms with Crippen LogP contribution in [0.1, 0.15) is 32.1 Å². The lowest BCUT2D eigenvalue weighted by Gasteiger charge is -2.42. The van der Waals surface area contributed by atoms with Crippen LogP contribution in [0.3, 0.4) is 0 Å². The minimum atomic E-state index is 0.461. The maximum atomic E-state index is 5.60. The van der Waals surface area contributed by atoms with Gasteiger partial charge in [0.15, 0.2) is 0 Å². The predicted molar refractivity (Wildman–Crippen MR) is 81.9 cm³/mol. The molecule has 0 aromatic carbocycles. The molecule has 0 radical (unpaired) electrons. The first-order chi connectivity index (χ1) is 9.27. The van der Waals surface area contributed by atoms with Gasteiger partial charge in [-0.05, 0) is 50.3 Å². The zero-order valence-corrected chi connectivity index (χ0v) is 13.0. The van der Waals surface area contributed by atoms with Gasteiger partial charge in [-0.3, -0.25) is 0 Å². The van der Waals surface area contributed by atoms with Gasteiger partial charge in [-0.15, -0.1) is 0 Å². The highest BCUT2D eigenvalue weighted by Crippen LogP contribution is 2.34. The van der Waals surface area contributed by atoms with Crippen molar-refractivity contribution in [2.75, 3.05) is 44.9 Å². The fourth-order valence-electron chi connectivity index (χ4n) is 3.37. The molecule has 2 aliphatic heterocycles. The number of hydrogen-bond donors (Lipinski definition) is 1. The second kappa shape index (κ2) is 6.33. The van der Waals surface area contributed by atoms with Crippen LogP contribution < -0.4 is 5.32 Å². The van der Waals surface area contributed by atoms with Crippen molar-refractivity contribution < 1.29 is 4.74 Å². The third kappa shape index (κ3) is 3.87. The summed E-state index contributed by atoms with van der Waals surface area (Å²) in [6.45, 7) is 4.37. The van der Waals surface area contributed by atoms with Gasteiger partial charge in [-0.2, -0.15) is 11.8 Å². The van der Waals surface area contributed by atoms with E-state index in [1.54, 1.807) is 0 Å². The van der Waals surface area contributed by atoms with Gasteiger partial charge in [0.1, 0.15) is 0 Å². The van der Waals surface area contributed by atoms with Crippen molar-refractivity contribution in [3.05, 3.63) is 0 Å². The summed E-state index contributed by atoms with van der Waals surface area (Å²) in [5.74, 6) is 2.69. The van der Waals surface area contributed by atoms with Crippen molar-refractivity contribution in [3.8, 4) is 0 Å². The van der Waals surface area contributed by atoms with E-state index in [0.29, 0.717) is 5.41 Å². The highest BCUT2D eigenvalue weighted by Gasteiger charge is 2.37. The first kappa shape index (κ1) is 14.2. The molecule has 1 atom stereocenters. The van der Waals surface area contributed by atoms with E-state index in [0.717, 1.165) is 25.3 Å². The van der Waals surface area contributed by atoms with Gasteiger partial charge in [0, 0.05) is 44.1 Å². The lowest BCUT2D eigenvalue weighted by atomic mass is 9.79.